The average molecular weight is 315 g/mol. The van der Waals surface area contributed by atoms with Crippen LogP contribution in [-0.4, -0.2) is 39.7 Å². The Bertz CT molecular complexity index is 699. The minimum absolute atomic E-state index is 0.0319. The zero-order chi connectivity index (χ0) is 16.4. The summed E-state index contributed by atoms with van der Waals surface area (Å²) in [5.41, 5.74) is 2.06. The molecule has 2 aromatic rings. The number of hydrogen-bond acceptors (Lipinski definition) is 4. The monoisotopic (exact) mass is 315 g/mol. The summed E-state index contributed by atoms with van der Waals surface area (Å²) < 4.78 is 5.34. The average Bonchev–Trinajstić information content (AvgIpc) is 3.19. The number of amides is 2. The molecule has 6 nitrogen and oxygen atoms in total. The van der Waals surface area contributed by atoms with Gasteiger partial charge in [-0.05, 0) is 44.4 Å². The predicted molar refractivity (Wildman–Crippen MR) is 87.1 cm³/mol. The molecule has 0 aliphatic carbocycles. The Morgan fingerprint density at radius 1 is 1.52 bits per heavy atom. The van der Waals surface area contributed by atoms with Gasteiger partial charge in [0, 0.05) is 17.8 Å². The first-order valence-corrected chi connectivity index (χ1v) is 7.73. The fraction of sp³-hybridized carbons (Fsp3) is 0.412. The van der Waals surface area contributed by atoms with Gasteiger partial charge in [-0.2, -0.15) is 0 Å². The van der Waals surface area contributed by atoms with Crippen molar-refractivity contribution < 1.29 is 14.3 Å². The lowest BCUT2D eigenvalue weighted by Crippen LogP contribution is -2.49. The molecule has 2 N–H and O–H groups in total. The summed E-state index contributed by atoms with van der Waals surface area (Å²) in [6.07, 6.45) is 4.83. The minimum atomic E-state index is -0.486. The molecule has 122 valence electrons. The van der Waals surface area contributed by atoms with Crippen molar-refractivity contribution in [2.45, 2.75) is 32.2 Å². The first kappa shape index (κ1) is 15.6. The number of urea groups is 1. The van der Waals surface area contributed by atoms with Gasteiger partial charge in [-0.15, -0.1) is 0 Å². The molecule has 23 heavy (non-hydrogen) atoms. The van der Waals surface area contributed by atoms with Gasteiger partial charge in [-0.3, -0.25) is 0 Å². The Hall–Kier alpha value is -2.34. The number of rotatable bonds is 3. The number of likely N-dealkylation sites (tertiary alicyclic amines) is 1. The molecular formula is C17H21N3O3. The van der Waals surface area contributed by atoms with Gasteiger partial charge >= 0.3 is 6.03 Å². The van der Waals surface area contributed by atoms with Crippen molar-refractivity contribution in [3.63, 3.8) is 0 Å². The molecule has 1 aromatic carbocycles. The fourth-order valence-electron chi connectivity index (χ4n) is 3.01. The van der Waals surface area contributed by atoms with Crippen molar-refractivity contribution in [1.82, 2.24) is 9.88 Å². The Kier molecular flexibility index (Phi) is 4.09. The Morgan fingerprint density at radius 2 is 2.35 bits per heavy atom. The van der Waals surface area contributed by atoms with E-state index >= 15 is 0 Å². The summed E-state index contributed by atoms with van der Waals surface area (Å²) in [5.74, 6) is 0.528. The third-order valence-corrected chi connectivity index (χ3v) is 4.49. The number of aryl methyl sites for hydroxylation is 1. The maximum atomic E-state index is 12.5. The summed E-state index contributed by atoms with van der Waals surface area (Å²) in [6, 6.07) is 5.43. The van der Waals surface area contributed by atoms with Gasteiger partial charge in [0.15, 0.2) is 0 Å². The maximum Gasteiger partial charge on any atom is 0.322 e. The molecular weight excluding hydrogens is 294 g/mol. The van der Waals surface area contributed by atoms with Gasteiger partial charge in [0.1, 0.15) is 6.26 Å². The number of hydrogen-bond donors (Lipinski definition) is 2. The van der Waals surface area contributed by atoms with Gasteiger partial charge in [0.05, 0.1) is 18.3 Å². The molecule has 0 saturated carbocycles. The number of benzene rings is 1. The Morgan fingerprint density at radius 3 is 3.04 bits per heavy atom. The molecule has 1 saturated heterocycles. The zero-order valence-corrected chi connectivity index (χ0v) is 13.4. The minimum Gasteiger partial charge on any atom is -0.445 e. The molecule has 2 heterocycles. The molecule has 0 spiro atoms. The second-order valence-corrected chi connectivity index (χ2v) is 6.21. The molecule has 1 aliphatic rings. The van der Waals surface area contributed by atoms with E-state index in [1.165, 1.54) is 6.26 Å². The zero-order valence-electron chi connectivity index (χ0n) is 13.4. The highest BCUT2D eigenvalue weighted by Gasteiger charge is 2.39. The molecule has 1 unspecified atom stereocenters. The maximum absolute atomic E-state index is 12.5. The van der Waals surface area contributed by atoms with E-state index in [0.29, 0.717) is 18.1 Å². The summed E-state index contributed by atoms with van der Waals surface area (Å²) >= 11 is 0. The first-order chi connectivity index (χ1) is 11.0. The van der Waals surface area contributed by atoms with Crippen molar-refractivity contribution >= 4 is 11.7 Å². The van der Waals surface area contributed by atoms with Gasteiger partial charge in [-0.1, -0.05) is 6.07 Å². The topological polar surface area (TPSA) is 78.6 Å². The van der Waals surface area contributed by atoms with Crippen LogP contribution >= 0.6 is 0 Å². The number of carbonyl (C=O) groups excluding carboxylic acids is 1. The standard InChI is InChI=1S/C17H21N3O3/c1-12-4-5-13(10-14(12)15-18-7-9-23-15)19-16(22)20-8-3-6-17(20,2)11-21/h4-5,7,9-10,21H,3,6,8,11H2,1-2H3,(H,19,22). The van der Waals surface area contributed by atoms with E-state index < -0.39 is 5.54 Å². The molecule has 0 radical (unpaired) electrons. The SMILES string of the molecule is Cc1ccc(NC(=O)N2CCCC2(C)CO)cc1-c1ncco1. The van der Waals surface area contributed by atoms with Crippen LogP contribution in [-0.2, 0) is 0 Å². The lowest BCUT2D eigenvalue weighted by Gasteiger charge is -2.33. The fourth-order valence-corrected chi connectivity index (χ4v) is 3.01. The van der Waals surface area contributed by atoms with Crippen LogP contribution in [0.4, 0.5) is 10.5 Å². The van der Waals surface area contributed by atoms with Crippen LogP contribution in [0, 0.1) is 6.92 Å². The molecule has 6 heteroatoms. The van der Waals surface area contributed by atoms with E-state index in [1.807, 2.05) is 32.0 Å². The molecule has 3 rings (SSSR count). The molecule has 1 fully saturated rings. The summed E-state index contributed by atoms with van der Waals surface area (Å²) in [7, 11) is 0. The smallest absolute Gasteiger partial charge is 0.322 e. The van der Waals surface area contributed by atoms with E-state index in [0.717, 1.165) is 24.0 Å². The van der Waals surface area contributed by atoms with Crippen LogP contribution in [0.2, 0.25) is 0 Å². The number of nitrogens with one attached hydrogen (secondary N) is 1. The first-order valence-electron chi connectivity index (χ1n) is 7.73. The largest absolute Gasteiger partial charge is 0.445 e. The summed E-state index contributed by atoms with van der Waals surface area (Å²) in [4.78, 5) is 18.4. The van der Waals surface area contributed by atoms with E-state index in [4.69, 9.17) is 4.42 Å². The van der Waals surface area contributed by atoms with Gasteiger partial charge in [-0.25, -0.2) is 9.78 Å². The number of oxazole rings is 1. The van der Waals surface area contributed by atoms with E-state index in [9.17, 15) is 9.90 Å². The summed E-state index contributed by atoms with van der Waals surface area (Å²) in [6.45, 7) is 4.50. The lowest BCUT2D eigenvalue weighted by molar-refractivity contribution is 0.104. The highest BCUT2D eigenvalue weighted by Crippen LogP contribution is 2.30. The van der Waals surface area contributed by atoms with Crippen LogP contribution in [0.1, 0.15) is 25.3 Å². The van der Waals surface area contributed by atoms with Crippen molar-refractivity contribution in [1.29, 1.82) is 0 Å². The number of aliphatic hydroxyl groups excluding tert-OH is 1. The number of nitrogens with zero attached hydrogens (tertiary/aromatic N) is 2. The van der Waals surface area contributed by atoms with E-state index in [-0.39, 0.29) is 12.6 Å². The van der Waals surface area contributed by atoms with Gasteiger partial charge in [0.2, 0.25) is 5.89 Å². The second kappa shape index (κ2) is 6.04. The van der Waals surface area contributed by atoms with Crippen molar-refractivity contribution in [2.24, 2.45) is 0 Å². The molecule has 1 aromatic heterocycles. The quantitative estimate of drug-likeness (QED) is 0.912. The van der Waals surface area contributed by atoms with Gasteiger partial charge in [0.25, 0.3) is 0 Å². The van der Waals surface area contributed by atoms with Crippen LogP contribution in [0.25, 0.3) is 11.5 Å². The number of aromatic nitrogens is 1. The van der Waals surface area contributed by atoms with Gasteiger partial charge < -0.3 is 19.7 Å². The molecule has 1 aliphatic heterocycles. The Labute approximate surface area is 135 Å². The number of anilines is 1. The second-order valence-electron chi connectivity index (χ2n) is 6.21. The van der Waals surface area contributed by atoms with E-state index in [2.05, 4.69) is 10.3 Å². The molecule has 1 atom stereocenters. The summed E-state index contributed by atoms with van der Waals surface area (Å²) in [5, 5.41) is 12.5. The molecule has 0 bridgehead atoms. The highest BCUT2D eigenvalue weighted by atomic mass is 16.3. The number of carbonyl (C=O) groups is 1. The van der Waals surface area contributed by atoms with E-state index in [1.54, 1.807) is 11.1 Å². The highest BCUT2D eigenvalue weighted by molar-refractivity contribution is 5.91. The normalized spacial score (nSPS) is 20.7. The van der Waals surface area contributed by atoms with Crippen LogP contribution in [0.5, 0.6) is 0 Å². The van der Waals surface area contributed by atoms with Crippen LogP contribution in [0.15, 0.2) is 35.1 Å². The lowest BCUT2D eigenvalue weighted by atomic mass is 10.0. The van der Waals surface area contributed by atoms with Crippen LogP contribution < -0.4 is 5.32 Å². The Balaban J connectivity index is 1.81. The molecule has 2 amide bonds. The van der Waals surface area contributed by atoms with Crippen molar-refractivity contribution in [3.8, 4) is 11.5 Å². The van der Waals surface area contributed by atoms with Crippen molar-refractivity contribution in [3.05, 3.63) is 36.2 Å². The third kappa shape index (κ3) is 2.94. The third-order valence-electron chi connectivity index (χ3n) is 4.49. The van der Waals surface area contributed by atoms with Crippen LogP contribution in [0.3, 0.4) is 0 Å². The number of aliphatic hydroxyl groups is 1. The van der Waals surface area contributed by atoms with Crippen molar-refractivity contribution in [2.75, 3.05) is 18.5 Å². The predicted octanol–water partition coefficient (Wildman–Crippen LogP) is 3.03.